The number of carbonyl (C=O) groups is 1. The van der Waals surface area contributed by atoms with Crippen LogP contribution in [0.5, 0.6) is 0 Å². The topological polar surface area (TPSA) is 17.1 Å². The number of carbonyl (C=O) groups excluding carboxylic acids is 1. The van der Waals surface area contributed by atoms with E-state index in [4.69, 9.17) is 0 Å². The van der Waals surface area contributed by atoms with E-state index >= 15 is 0 Å². The molecule has 1 nitrogen and oxygen atoms in total. The van der Waals surface area contributed by atoms with Crippen molar-refractivity contribution in [3.05, 3.63) is 11.6 Å². The fraction of sp³-hybridized carbons (Fsp3) is 0.857. The smallest absolute Gasteiger partial charge is 0.241 e. The van der Waals surface area contributed by atoms with Crippen molar-refractivity contribution in [2.75, 3.05) is 0 Å². The van der Waals surface area contributed by atoms with Gasteiger partial charge in [0.05, 0.1) is 0 Å². The monoisotopic (exact) mass is 336 g/mol. The predicted octanol–water partition coefficient (Wildman–Crippen LogP) is 5.65. The van der Waals surface area contributed by atoms with Crippen molar-refractivity contribution >= 4 is 5.78 Å². The Morgan fingerprint density at radius 3 is 2.67 bits per heavy atom. The lowest BCUT2D eigenvalue weighted by Crippen LogP contribution is -2.47. The lowest BCUT2D eigenvalue weighted by molar-refractivity contribution is -0.126. The number of hydrogen-bond donors (Lipinski definition) is 0. The van der Waals surface area contributed by atoms with E-state index in [1.54, 1.807) is 6.92 Å². The normalized spacial score (nSPS) is 47.6. The summed E-state index contributed by atoms with van der Waals surface area (Å²) >= 11 is 0. The molecule has 0 bridgehead atoms. The number of rotatable bonds is 2. The van der Waals surface area contributed by atoms with Gasteiger partial charge in [-0.25, -0.2) is 8.78 Å². The third-order valence-electron chi connectivity index (χ3n) is 8.33. The largest absolute Gasteiger partial charge is 0.300 e. The minimum Gasteiger partial charge on any atom is -0.300 e. The summed E-state index contributed by atoms with van der Waals surface area (Å²) in [7, 11) is 0. The molecule has 134 valence electrons. The lowest BCUT2D eigenvalue weighted by atomic mass is 9.51. The van der Waals surface area contributed by atoms with Gasteiger partial charge in [0.2, 0.25) is 6.43 Å². The number of halogens is 2. The minimum atomic E-state index is -2.16. The Balaban J connectivity index is 1.57. The molecule has 4 aliphatic rings. The van der Waals surface area contributed by atoms with E-state index in [0.717, 1.165) is 25.7 Å². The van der Waals surface area contributed by atoms with Gasteiger partial charge in [0.15, 0.2) is 0 Å². The lowest BCUT2D eigenvalue weighted by Gasteiger charge is -2.53. The molecule has 3 saturated carbocycles. The van der Waals surface area contributed by atoms with Gasteiger partial charge in [-0.15, -0.1) is 0 Å². The van der Waals surface area contributed by atoms with Crippen LogP contribution in [0.1, 0.15) is 65.2 Å². The van der Waals surface area contributed by atoms with Crippen LogP contribution in [-0.4, -0.2) is 12.2 Å². The van der Waals surface area contributed by atoms with E-state index in [-0.39, 0.29) is 11.3 Å². The van der Waals surface area contributed by atoms with Crippen molar-refractivity contribution in [3.8, 4) is 0 Å². The third kappa shape index (κ3) is 2.41. The zero-order valence-corrected chi connectivity index (χ0v) is 14.9. The zero-order valence-electron chi connectivity index (χ0n) is 14.9. The summed E-state index contributed by atoms with van der Waals surface area (Å²) in [6.45, 7) is 4.13. The van der Waals surface area contributed by atoms with E-state index in [0.29, 0.717) is 42.3 Å². The molecule has 0 aromatic carbocycles. The van der Waals surface area contributed by atoms with Gasteiger partial charge in [-0.1, -0.05) is 18.6 Å². The number of fused-ring (bicyclic) bond motifs is 5. The Morgan fingerprint density at radius 2 is 1.96 bits per heavy atom. The van der Waals surface area contributed by atoms with Crippen LogP contribution in [0.3, 0.4) is 0 Å². The van der Waals surface area contributed by atoms with Gasteiger partial charge in [0, 0.05) is 11.8 Å². The highest BCUT2D eigenvalue weighted by Crippen LogP contribution is 2.63. The molecule has 0 N–H and O–H groups in total. The van der Waals surface area contributed by atoms with Crippen molar-refractivity contribution in [2.45, 2.75) is 71.6 Å². The second-order valence-corrected chi connectivity index (χ2v) is 9.22. The van der Waals surface area contributed by atoms with Crippen LogP contribution in [0.15, 0.2) is 11.6 Å². The molecule has 4 rings (SSSR count). The van der Waals surface area contributed by atoms with Crippen LogP contribution < -0.4 is 0 Å². The van der Waals surface area contributed by atoms with Gasteiger partial charge in [-0.2, -0.15) is 0 Å². The minimum absolute atomic E-state index is 0.193. The second kappa shape index (κ2) is 5.92. The maximum Gasteiger partial charge on any atom is 0.241 e. The summed E-state index contributed by atoms with van der Waals surface area (Å²) < 4.78 is 26.2. The summed E-state index contributed by atoms with van der Waals surface area (Å²) in [5.41, 5.74) is 1.54. The first-order valence-electron chi connectivity index (χ1n) is 9.89. The fourth-order valence-corrected chi connectivity index (χ4v) is 7.18. The molecule has 0 aromatic heterocycles. The van der Waals surface area contributed by atoms with Crippen LogP contribution in [0.2, 0.25) is 0 Å². The molecule has 0 radical (unpaired) electrons. The second-order valence-electron chi connectivity index (χ2n) is 9.22. The number of alkyl halides is 2. The molecule has 3 fully saturated rings. The molecule has 24 heavy (non-hydrogen) atoms. The summed E-state index contributed by atoms with van der Waals surface area (Å²) in [5, 5.41) is 0. The average Bonchev–Trinajstić information content (AvgIpc) is 2.91. The summed E-state index contributed by atoms with van der Waals surface area (Å²) in [6, 6.07) is 0. The molecule has 3 heteroatoms. The van der Waals surface area contributed by atoms with Crippen LogP contribution in [0.4, 0.5) is 8.78 Å². The maximum absolute atomic E-state index is 13.1. The highest BCUT2D eigenvalue weighted by Gasteiger charge is 2.56. The molecule has 0 amide bonds. The third-order valence-corrected chi connectivity index (χ3v) is 8.33. The standard InChI is InChI=1S/C21H30F2O/c1-12(24)18-7-8-19-17-6-3-13-11-14(20(22)23)4-5-15(13)16(17)9-10-21(18,19)2/h3,14-20H,4-11H2,1-2H3. The highest BCUT2D eigenvalue weighted by atomic mass is 19.3. The molecule has 0 heterocycles. The highest BCUT2D eigenvalue weighted by molar-refractivity contribution is 5.79. The Bertz CT molecular complexity index is 554. The van der Waals surface area contributed by atoms with E-state index in [1.807, 2.05) is 0 Å². The molecule has 0 saturated heterocycles. The Labute approximate surface area is 144 Å². The zero-order chi connectivity index (χ0) is 17.1. The molecule has 0 spiro atoms. The quantitative estimate of drug-likeness (QED) is 0.596. The first kappa shape index (κ1) is 16.7. The number of Topliss-reactive ketones (excluding diaryl/α,β-unsaturated/α-hetero) is 1. The van der Waals surface area contributed by atoms with E-state index in [2.05, 4.69) is 13.0 Å². The fourth-order valence-electron chi connectivity index (χ4n) is 7.18. The van der Waals surface area contributed by atoms with Gasteiger partial charge >= 0.3 is 0 Å². The van der Waals surface area contributed by atoms with Crippen molar-refractivity contribution in [1.82, 2.24) is 0 Å². The molecule has 4 aliphatic carbocycles. The van der Waals surface area contributed by atoms with Gasteiger partial charge in [0.1, 0.15) is 5.78 Å². The molecule has 7 atom stereocenters. The van der Waals surface area contributed by atoms with E-state index < -0.39 is 12.3 Å². The summed E-state index contributed by atoms with van der Waals surface area (Å²) in [6.07, 6.45) is 8.13. The van der Waals surface area contributed by atoms with Crippen LogP contribution in [0.25, 0.3) is 0 Å². The van der Waals surface area contributed by atoms with Crippen LogP contribution in [0, 0.1) is 40.9 Å². The molecule has 0 aliphatic heterocycles. The maximum atomic E-state index is 13.1. The van der Waals surface area contributed by atoms with Crippen molar-refractivity contribution in [2.24, 2.45) is 40.9 Å². The first-order chi connectivity index (χ1) is 11.4. The predicted molar refractivity (Wildman–Crippen MR) is 90.8 cm³/mol. The number of hydrogen-bond acceptors (Lipinski definition) is 1. The summed E-state index contributed by atoms with van der Waals surface area (Å²) in [4.78, 5) is 12.1. The molecular weight excluding hydrogens is 306 g/mol. The van der Waals surface area contributed by atoms with Gasteiger partial charge in [-0.3, -0.25) is 4.79 Å². The van der Waals surface area contributed by atoms with E-state index in [1.165, 1.54) is 18.4 Å². The average molecular weight is 336 g/mol. The van der Waals surface area contributed by atoms with Gasteiger partial charge in [-0.05, 0) is 87.4 Å². The Morgan fingerprint density at radius 1 is 1.17 bits per heavy atom. The Kier molecular flexibility index (Phi) is 4.12. The molecule has 7 unspecified atom stereocenters. The van der Waals surface area contributed by atoms with Crippen molar-refractivity contribution in [3.63, 3.8) is 0 Å². The van der Waals surface area contributed by atoms with Gasteiger partial charge in [0.25, 0.3) is 0 Å². The first-order valence-corrected chi connectivity index (χ1v) is 9.89. The van der Waals surface area contributed by atoms with Crippen LogP contribution >= 0.6 is 0 Å². The SMILES string of the molecule is CC(=O)C1CCC2C3CC=C4CC(C(F)F)CCC4C3CCC12C. The number of allylic oxidation sites excluding steroid dienone is 2. The van der Waals surface area contributed by atoms with Crippen molar-refractivity contribution < 1.29 is 13.6 Å². The van der Waals surface area contributed by atoms with E-state index in [9.17, 15) is 13.6 Å². The van der Waals surface area contributed by atoms with Crippen molar-refractivity contribution in [1.29, 1.82) is 0 Å². The summed E-state index contributed by atoms with van der Waals surface area (Å²) in [5.74, 6) is 2.81. The Hall–Kier alpha value is -0.730. The molecular formula is C21H30F2O. The van der Waals surface area contributed by atoms with Crippen LogP contribution in [-0.2, 0) is 4.79 Å². The molecule has 0 aromatic rings. The van der Waals surface area contributed by atoms with Gasteiger partial charge < -0.3 is 0 Å². The number of ketones is 1.